The lowest BCUT2D eigenvalue weighted by Gasteiger charge is -2.34. The van der Waals surface area contributed by atoms with Crippen LogP contribution in [0.1, 0.15) is 32.0 Å². The molecule has 0 saturated carbocycles. The van der Waals surface area contributed by atoms with Gasteiger partial charge in [0, 0.05) is 11.5 Å². The molecule has 1 atom stereocenters. The van der Waals surface area contributed by atoms with Crippen LogP contribution in [0.4, 0.5) is 0 Å². The number of rotatable bonds is 0. The first-order valence-corrected chi connectivity index (χ1v) is 5.79. The van der Waals surface area contributed by atoms with Crippen LogP contribution in [-0.4, -0.2) is 10.4 Å². The summed E-state index contributed by atoms with van der Waals surface area (Å²) in [5.41, 5.74) is -0.382. The van der Waals surface area contributed by atoms with Crippen molar-refractivity contribution in [3.63, 3.8) is 0 Å². The Hall–Kier alpha value is -1.88. The standard InChI is InChI=1S/C13H14N2O3/c1-12(2,3)13(17)8-6-4-5-7-9(8)15-10(13)11(16)18-14-15/h4-7,17H,1-3H3. The first-order valence-electron chi connectivity index (χ1n) is 5.79. The lowest BCUT2D eigenvalue weighted by molar-refractivity contribution is -0.676. The summed E-state index contributed by atoms with van der Waals surface area (Å²) in [6, 6.07) is 7.30. The molecule has 0 amide bonds. The summed E-state index contributed by atoms with van der Waals surface area (Å²) < 4.78 is 6.07. The van der Waals surface area contributed by atoms with E-state index >= 15 is 0 Å². The zero-order valence-corrected chi connectivity index (χ0v) is 10.5. The van der Waals surface area contributed by atoms with Gasteiger partial charge in [-0.1, -0.05) is 32.9 Å². The van der Waals surface area contributed by atoms with Crippen LogP contribution in [0.15, 0.2) is 28.8 Å². The molecule has 0 radical (unpaired) electrons. The van der Waals surface area contributed by atoms with E-state index in [-0.39, 0.29) is 5.69 Å². The molecule has 5 heteroatoms. The molecule has 0 fully saturated rings. The molecule has 3 rings (SSSR count). The number of hydrogen-bond donors (Lipinski definition) is 1. The minimum atomic E-state index is -1.39. The third-order valence-corrected chi connectivity index (χ3v) is 3.56. The molecule has 5 nitrogen and oxygen atoms in total. The van der Waals surface area contributed by atoms with Gasteiger partial charge in [-0.2, -0.15) is 0 Å². The third-order valence-electron chi connectivity index (χ3n) is 3.56. The molecule has 1 aromatic carbocycles. The Bertz CT molecular complexity index is 627. The monoisotopic (exact) mass is 246 g/mol. The molecular weight excluding hydrogens is 232 g/mol. The lowest BCUT2D eigenvalue weighted by atomic mass is 9.71. The highest BCUT2D eigenvalue weighted by molar-refractivity contribution is 5.49. The van der Waals surface area contributed by atoms with E-state index in [2.05, 4.69) is 9.79 Å². The van der Waals surface area contributed by atoms with Gasteiger partial charge in [0.1, 0.15) is 0 Å². The lowest BCUT2D eigenvalue weighted by Crippen LogP contribution is -2.44. The number of aliphatic hydroxyl groups is 1. The van der Waals surface area contributed by atoms with Crippen molar-refractivity contribution in [3.8, 4) is 11.6 Å². The molecule has 1 N–H and O–H groups in total. The highest BCUT2D eigenvalue weighted by Gasteiger charge is 2.59. The average molecular weight is 246 g/mol. The SMILES string of the molecule is CC(C)(C)C1(O)c2ccccc2-[n+]2noc([O-])c21. The maximum Gasteiger partial charge on any atom is 0.276 e. The van der Waals surface area contributed by atoms with E-state index in [1.54, 1.807) is 0 Å². The second-order valence-corrected chi connectivity index (χ2v) is 5.60. The summed E-state index contributed by atoms with van der Waals surface area (Å²) in [7, 11) is 0. The van der Waals surface area contributed by atoms with Crippen LogP contribution in [0.25, 0.3) is 5.69 Å². The second kappa shape index (κ2) is 3.11. The Morgan fingerprint density at radius 3 is 2.67 bits per heavy atom. The molecule has 1 aliphatic rings. The highest BCUT2D eigenvalue weighted by atomic mass is 16.6. The van der Waals surface area contributed by atoms with Crippen molar-refractivity contribution in [1.29, 1.82) is 0 Å². The molecule has 0 saturated heterocycles. The normalized spacial score (nSPS) is 21.8. The quantitative estimate of drug-likeness (QED) is 0.692. The van der Waals surface area contributed by atoms with Crippen LogP contribution in [0, 0.1) is 5.41 Å². The number of para-hydroxylation sites is 1. The number of nitrogens with zero attached hydrogens (tertiary/aromatic N) is 2. The maximum atomic E-state index is 11.8. The number of aromatic nitrogens is 2. The smallest absolute Gasteiger partial charge is 0.276 e. The van der Waals surface area contributed by atoms with Crippen LogP contribution in [0.3, 0.4) is 0 Å². The van der Waals surface area contributed by atoms with E-state index in [1.807, 2.05) is 45.0 Å². The first-order chi connectivity index (χ1) is 8.37. The summed E-state index contributed by atoms with van der Waals surface area (Å²) in [4.78, 5) is 0. The molecule has 0 spiro atoms. The van der Waals surface area contributed by atoms with Crippen molar-refractivity contribution >= 4 is 0 Å². The van der Waals surface area contributed by atoms with Crippen LogP contribution >= 0.6 is 0 Å². The third kappa shape index (κ3) is 1.09. The van der Waals surface area contributed by atoms with Gasteiger partial charge in [-0.25, -0.2) is 0 Å². The minimum absolute atomic E-state index is 0.177. The van der Waals surface area contributed by atoms with Crippen molar-refractivity contribution in [2.24, 2.45) is 5.41 Å². The molecule has 94 valence electrons. The first kappa shape index (κ1) is 11.2. The molecule has 2 aromatic rings. The average Bonchev–Trinajstić information content (AvgIpc) is 2.80. The predicted octanol–water partition coefficient (Wildman–Crippen LogP) is 0.620. The van der Waals surface area contributed by atoms with E-state index in [9.17, 15) is 10.2 Å². The Labute approximate surface area is 104 Å². The van der Waals surface area contributed by atoms with Crippen molar-refractivity contribution in [1.82, 2.24) is 5.27 Å². The summed E-state index contributed by atoms with van der Waals surface area (Å²) in [5, 5.41) is 26.6. The van der Waals surface area contributed by atoms with Gasteiger partial charge >= 0.3 is 0 Å². The maximum absolute atomic E-state index is 11.8. The van der Waals surface area contributed by atoms with E-state index in [0.29, 0.717) is 11.3 Å². The molecule has 1 aliphatic heterocycles. The fourth-order valence-electron chi connectivity index (χ4n) is 2.56. The number of benzene rings is 1. The van der Waals surface area contributed by atoms with Gasteiger partial charge in [0.2, 0.25) is 5.69 Å². The van der Waals surface area contributed by atoms with Gasteiger partial charge in [-0.05, 0) is 10.7 Å². The van der Waals surface area contributed by atoms with Crippen molar-refractivity contribution in [2.45, 2.75) is 26.4 Å². The van der Waals surface area contributed by atoms with Crippen LogP contribution in [0.5, 0.6) is 5.95 Å². The number of hydrogen-bond acceptors (Lipinski definition) is 4. The minimum Gasteiger partial charge on any atom is -0.539 e. The van der Waals surface area contributed by atoms with Crippen molar-refractivity contribution < 1.29 is 19.4 Å². The molecular formula is C13H14N2O3. The zero-order valence-electron chi connectivity index (χ0n) is 10.5. The van der Waals surface area contributed by atoms with E-state index in [4.69, 9.17) is 0 Å². The molecule has 2 heterocycles. The summed E-state index contributed by atoms with van der Waals surface area (Å²) in [6.07, 6.45) is 0. The zero-order chi connectivity index (χ0) is 13.1. The molecule has 18 heavy (non-hydrogen) atoms. The van der Waals surface area contributed by atoms with Crippen LogP contribution < -0.4 is 9.79 Å². The van der Waals surface area contributed by atoms with Crippen LogP contribution in [-0.2, 0) is 5.60 Å². The van der Waals surface area contributed by atoms with Gasteiger partial charge in [0.15, 0.2) is 11.5 Å². The predicted molar refractivity (Wildman–Crippen MR) is 59.9 cm³/mol. The van der Waals surface area contributed by atoms with Crippen molar-refractivity contribution in [2.75, 3.05) is 0 Å². The molecule has 0 bridgehead atoms. The van der Waals surface area contributed by atoms with E-state index < -0.39 is 17.0 Å². The Balaban J connectivity index is 2.43. The Kier molecular flexibility index (Phi) is 1.94. The summed E-state index contributed by atoms with van der Waals surface area (Å²) in [5.74, 6) is -0.594. The fraction of sp³-hybridized carbons (Fsp3) is 0.385. The number of fused-ring (bicyclic) bond motifs is 3. The van der Waals surface area contributed by atoms with E-state index in [0.717, 1.165) is 0 Å². The molecule has 1 unspecified atom stereocenters. The molecule has 1 aromatic heterocycles. The van der Waals surface area contributed by atoms with Gasteiger partial charge < -0.3 is 14.7 Å². The Morgan fingerprint density at radius 2 is 2.00 bits per heavy atom. The Morgan fingerprint density at radius 1 is 1.33 bits per heavy atom. The molecule has 0 aliphatic carbocycles. The topological polar surface area (TPSA) is 73.2 Å². The highest BCUT2D eigenvalue weighted by Crippen LogP contribution is 2.49. The second-order valence-electron chi connectivity index (χ2n) is 5.60. The van der Waals surface area contributed by atoms with Crippen LogP contribution in [0.2, 0.25) is 0 Å². The fourth-order valence-corrected chi connectivity index (χ4v) is 2.56. The summed E-state index contributed by atoms with van der Waals surface area (Å²) >= 11 is 0. The van der Waals surface area contributed by atoms with E-state index in [1.165, 1.54) is 4.68 Å². The van der Waals surface area contributed by atoms with Gasteiger partial charge in [-0.3, -0.25) is 0 Å². The van der Waals surface area contributed by atoms with Gasteiger partial charge in [-0.15, -0.1) is 0 Å². The van der Waals surface area contributed by atoms with Crippen molar-refractivity contribution in [3.05, 3.63) is 35.5 Å². The van der Waals surface area contributed by atoms with Gasteiger partial charge in [0.05, 0.1) is 10.8 Å². The largest absolute Gasteiger partial charge is 0.539 e. The summed E-state index contributed by atoms with van der Waals surface area (Å²) in [6.45, 7) is 5.64. The van der Waals surface area contributed by atoms with Gasteiger partial charge in [0.25, 0.3) is 5.69 Å².